The quantitative estimate of drug-likeness (QED) is 0.639. The number of rotatable bonds is 6. The molecule has 0 heterocycles. The van der Waals surface area contributed by atoms with Gasteiger partial charge in [-0.05, 0) is 78.3 Å². The second-order valence-electron chi connectivity index (χ2n) is 5.68. The van der Waals surface area contributed by atoms with Gasteiger partial charge in [0.1, 0.15) is 0 Å². The van der Waals surface area contributed by atoms with E-state index in [1.54, 1.807) is 0 Å². The predicted octanol–water partition coefficient (Wildman–Crippen LogP) is 5.57. The highest BCUT2D eigenvalue weighted by Crippen LogP contribution is 2.37. The summed E-state index contributed by atoms with van der Waals surface area (Å²) in [6.07, 6.45) is 5.36. The molecule has 1 aromatic rings. The Bertz CT molecular complexity index is 401. The lowest BCUT2D eigenvalue weighted by molar-refractivity contribution is 0.486. The number of hydrogen-bond acceptors (Lipinski definition) is 1. The topological polar surface area (TPSA) is 12.0 Å². The van der Waals surface area contributed by atoms with Crippen molar-refractivity contribution in [1.82, 2.24) is 0 Å². The fourth-order valence-corrected chi connectivity index (χ4v) is 3.27. The van der Waals surface area contributed by atoms with Crippen molar-refractivity contribution < 1.29 is 0 Å². The van der Waals surface area contributed by atoms with Crippen molar-refractivity contribution in [1.29, 1.82) is 0 Å². The van der Waals surface area contributed by atoms with E-state index in [0.29, 0.717) is 6.04 Å². The average Bonchev–Trinajstić information content (AvgIpc) is 3.10. The summed E-state index contributed by atoms with van der Waals surface area (Å²) in [6.45, 7) is 4.60. The molecule has 100 valence electrons. The van der Waals surface area contributed by atoms with E-state index in [-0.39, 0.29) is 0 Å². The van der Waals surface area contributed by atoms with Gasteiger partial charge in [0.05, 0.1) is 0 Å². The number of nitrogens with one attached hydrogen (secondary N) is 1. The van der Waals surface area contributed by atoms with Crippen molar-refractivity contribution in [3.05, 3.63) is 26.8 Å². The third-order valence-corrected chi connectivity index (χ3v) is 4.65. The molecule has 1 fully saturated rings. The zero-order valence-corrected chi connectivity index (χ0v) is 14.0. The molecule has 18 heavy (non-hydrogen) atoms. The van der Waals surface area contributed by atoms with Crippen molar-refractivity contribution in [3.63, 3.8) is 0 Å². The summed E-state index contributed by atoms with van der Waals surface area (Å²) in [6, 6.07) is 6.74. The first-order valence-electron chi connectivity index (χ1n) is 6.78. The number of benzene rings is 1. The van der Waals surface area contributed by atoms with Crippen LogP contribution in [0.2, 0.25) is 5.02 Å². The molecule has 3 heteroatoms. The summed E-state index contributed by atoms with van der Waals surface area (Å²) in [5.74, 6) is 1.67. The molecule has 0 bridgehead atoms. The Morgan fingerprint density at radius 1 is 1.33 bits per heavy atom. The molecular formula is C15H21ClIN. The second-order valence-corrected chi connectivity index (χ2v) is 7.28. The van der Waals surface area contributed by atoms with Crippen LogP contribution in [-0.4, -0.2) is 6.04 Å². The first kappa shape index (κ1) is 14.4. The molecule has 0 aromatic heterocycles. The molecule has 0 saturated heterocycles. The molecule has 1 aliphatic rings. The standard InChI is InChI=1S/C15H21ClIN/c1-10(2)3-7-14(11-4-5-11)18-15-8-6-12(16)9-13(15)17/h6,8-11,14,18H,3-5,7H2,1-2H3. The minimum atomic E-state index is 0.641. The van der Waals surface area contributed by atoms with E-state index in [0.717, 1.165) is 16.9 Å². The molecule has 1 unspecified atom stereocenters. The minimum Gasteiger partial charge on any atom is -0.381 e. The molecule has 2 rings (SSSR count). The molecule has 1 aliphatic carbocycles. The van der Waals surface area contributed by atoms with E-state index < -0.39 is 0 Å². The molecule has 0 aliphatic heterocycles. The first-order chi connectivity index (χ1) is 8.56. The Kier molecular flexibility index (Phi) is 5.19. The summed E-state index contributed by atoms with van der Waals surface area (Å²) in [5.41, 5.74) is 1.24. The highest BCUT2D eigenvalue weighted by molar-refractivity contribution is 14.1. The van der Waals surface area contributed by atoms with E-state index in [1.807, 2.05) is 12.1 Å². The van der Waals surface area contributed by atoms with Gasteiger partial charge in [0, 0.05) is 20.3 Å². The fourth-order valence-electron chi connectivity index (χ4n) is 2.24. The van der Waals surface area contributed by atoms with Crippen molar-refractivity contribution in [3.8, 4) is 0 Å². The zero-order valence-electron chi connectivity index (χ0n) is 11.0. The van der Waals surface area contributed by atoms with E-state index >= 15 is 0 Å². The normalized spacial score (nSPS) is 16.9. The molecular weight excluding hydrogens is 357 g/mol. The van der Waals surface area contributed by atoms with Crippen molar-refractivity contribution >= 4 is 39.9 Å². The van der Waals surface area contributed by atoms with Gasteiger partial charge < -0.3 is 5.32 Å². The fraction of sp³-hybridized carbons (Fsp3) is 0.600. The summed E-state index contributed by atoms with van der Waals surface area (Å²) in [7, 11) is 0. The van der Waals surface area contributed by atoms with Crippen LogP contribution in [0, 0.1) is 15.4 Å². The molecule has 1 atom stereocenters. The Labute approximate surface area is 129 Å². The lowest BCUT2D eigenvalue weighted by atomic mass is 10.00. The van der Waals surface area contributed by atoms with Crippen LogP contribution in [0.1, 0.15) is 39.5 Å². The summed E-state index contributed by atoms with van der Waals surface area (Å²) in [4.78, 5) is 0. The number of anilines is 1. The average molecular weight is 378 g/mol. The van der Waals surface area contributed by atoms with Crippen LogP contribution >= 0.6 is 34.2 Å². The zero-order chi connectivity index (χ0) is 13.1. The van der Waals surface area contributed by atoms with Gasteiger partial charge >= 0.3 is 0 Å². The first-order valence-corrected chi connectivity index (χ1v) is 8.23. The van der Waals surface area contributed by atoms with Crippen molar-refractivity contribution in [2.24, 2.45) is 11.8 Å². The van der Waals surface area contributed by atoms with Crippen LogP contribution < -0.4 is 5.32 Å². The lowest BCUT2D eigenvalue weighted by Gasteiger charge is -2.21. The molecule has 0 spiro atoms. The van der Waals surface area contributed by atoms with Crippen LogP contribution in [0.3, 0.4) is 0 Å². The molecule has 1 saturated carbocycles. The van der Waals surface area contributed by atoms with Gasteiger partial charge in [0.25, 0.3) is 0 Å². The van der Waals surface area contributed by atoms with E-state index in [1.165, 1.54) is 34.9 Å². The Morgan fingerprint density at radius 2 is 2.06 bits per heavy atom. The van der Waals surface area contributed by atoms with Gasteiger partial charge in [-0.1, -0.05) is 25.4 Å². The van der Waals surface area contributed by atoms with Crippen LogP contribution in [0.4, 0.5) is 5.69 Å². The molecule has 0 amide bonds. The highest BCUT2D eigenvalue weighted by atomic mass is 127. The molecule has 1 aromatic carbocycles. The monoisotopic (exact) mass is 377 g/mol. The number of hydrogen-bond donors (Lipinski definition) is 1. The van der Waals surface area contributed by atoms with Gasteiger partial charge in [-0.25, -0.2) is 0 Å². The smallest absolute Gasteiger partial charge is 0.0479 e. The summed E-state index contributed by atoms with van der Waals surface area (Å²) >= 11 is 8.36. The SMILES string of the molecule is CC(C)CCC(Nc1ccc(Cl)cc1I)C1CC1. The summed E-state index contributed by atoms with van der Waals surface area (Å²) in [5, 5.41) is 4.54. The van der Waals surface area contributed by atoms with Gasteiger partial charge in [0.2, 0.25) is 0 Å². The Balaban J connectivity index is 1.99. The molecule has 1 N–H and O–H groups in total. The van der Waals surface area contributed by atoms with Gasteiger partial charge in [-0.3, -0.25) is 0 Å². The lowest BCUT2D eigenvalue weighted by Crippen LogP contribution is -2.23. The van der Waals surface area contributed by atoms with Crippen molar-refractivity contribution in [2.45, 2.75) is 45.6 Å². The maximum Gasteiger partial charge on any atom is 0.0479 e. The van der Waals surface area contributed by atoms with E-state index in [9.17, 15) is 0 Å². The van der Waals surface area contributed by atoms with Gasteiger partial charge in [-0.15, -0.1) is 0 Å². The van der Waals surface area contributed by atoms with Crippen LogP contribution in [0.15, 0.2) is 18.2 Å². The van der Waals surface area contributed by atoms with Gasteiger partial charge in [-0.2, -0.15) is 0 Å². The number of halogens is 2. The van der Waals surface area contributed by atoms with Crippen molar-refractivity contribution in [2.75, 3.05) is 5.32 Å². The van der Waals surface area contributed by atoms with Crippen LogP contribution in [-0.2, 0) is 0 Å². The Morgan fingerprint density at radius 3 is 2.61 bits per heavy atom. The maximum atomic E-state index is 6.00. The second kappa shape index (κ2) is 6.47. The predicted molar refractivity (Wildman–Crippen MR) is 88.4 cm³/mol. The third kappa shape index (κ3) is 4.30. The third-order valence-electron chi connectivity index (χ3n) is 3.52. The largest absolute Gasteiger partial charge is 0.381 e. The van der Waals surface area contributed by atoms with Crippen LogP contribution in [0.5, 0.6) is 0 Å². The minimum absolute atomic E-state index is 0.641. The highest BCUT2D eigenvalue weighted by Gasteiger charge is 2.31. The maximum absolute atomic E-state index is 6.00. The van der Waals surface area contributed by atoms with E-state index in [4.69, 9.17) is 11.6 Å². The Hall–Kier alpha value is 0.0400. The van der Waals surface area contributed by atoms with Crippen LogP contribution in [0.25, 0.3) is 0 Å². The molecule has 1 nitrogen and oxygen atoms in total. The van der Waals surface area contributed by atoms with Gasteiger partial charge in [0.15, 0.2) is 0 Å². The van der Waals surface area contributed by atoms with E-state index in [2.05, 4.69) is 47.8 Å². The summed E-state index contributed by atoms with van der Waals surface area (Å²) < 4.78 is 1.22. The molecule has 0 radical (unpaired) electrons.